The number of hydrogen-bond acceptors (Lipinski definition) is 0. The van der Waals surface area contributed by atoms with E-state index in [1.807, 2.05) is 0 Å². The molecular weight excluding hydrogens is 228 g/mol. The van der Waals surface area contributed by atoms with E-state index >= 15 is 0 Å². The minimum Gasteiger partial charge on any atom is -0.0850 e. The van der Waals surface area contributed by atoms with Crippen LogP contribution in [0.25, 0.3) is 0 Å². The summed E-state index contributed by atoms with van der Waals surface area (Å²) in [6.45, 7) is 9.53. The van der Waals surface area contributed by atoms with Crippen LogP contribution in [0.1, 0.15) is 66.2 Å². The molecule has 0 aromatic heterocycles. The average molecular weight is 258 g/mol. The van der Waals surface area contributed by atoms with Crippen molar-refractivity contribution in [1.29, 1.82) is 0 Å². The molecule has 0 spiro atoms. The van der Waals surface area contributed by atoms with Crippen molar-refractivity contribution in [2.75, 3.05) is 0 Å². The average Bonchev–Trinajstić information content (AvgIpc) is 2.34. The molecule has 0 fully saturated rings. The van der Waals surface area contributed by atoms with Gasteiger partial charge < -0.3 is 0 Å². The fraction of sp³-hybridized carbons (Fsp3) is 0.684. The Balaban J connectivity index is 1.90. The van der Waals surface area contributed by atoms with Crippen LogP contribution in [-0.2, 0) is 0 Å². The van der Waals surface area contributed by atoms with E-state index in [9.17, 15) is 0 Å². The summed E-state index contributed by atoms with van der Waals surface area (Å²) in [4.78, 5) is 0. The fourth-order valence-electron chi connectivity index (χ4n) is 3.31. The summed E-state index contributed by atoms with van der Waals surface area (Å²) in [5, 5.41) is 0. The highest BCUT2D eigenvalue weighted by Gasteiger charge is 2.23. The lowest BCUT2D eigenvalue weighted by molar-refractivity contribution is 0.347. The van der Waals surface area contributed by atoms with Gasteiger partial charge in [0.05, 0.1) is 0 Å². The summed E-state index contributed by atoms with van der Waals surface area (Å²) >= 11 is 0. The SMILES string of the molecule is CC1C=CC(CC(C)(C)CC2=CCC(C)CC2)=CC1. The molecule has 0 nitrogen and oxygen atoms in total. The highest BCUT2D eigenvalue weighted by atomic mass is 14.3. The van der Waals surface area contributed by atoms with E-state index in [0.29, 0.717) is 5.41 Å². The molecule has 2 aliphatic carbocycles. The maximum absolute atomic E-state index is 2.52. The van der Waals surface area contributed by atoms with Crippen molar-refractivity contribution in [3.63, 3.8) is 0 Å². The van der Waals surface area contributed by atoms with Gasteiger partial charge in [-0.3, -0.25) is 0 Å². The van der Waals surface area contributed by atoms with Crippen molar-refractivity contribution in [3.8, 4) is 0 Å². The Labute approximate surface area is 119 Å². The van der Waals surface area contributed by atoms with Gasteiger partial charge in [0.25, 0.3) is 0 Å². The largest absolute Gasteiger partial charge is 0.0850 e. The molecule has 0 radical (unpaired) electrons. The monoisotopic (exact) mass is 258 g/mol. The Morgan fingerprint density at radius 1 is 1.11 bits per heavy atom. The quantitative estimate of drug-likeness (QED) is 0.537. The van der Waals surface area contributed by atoms with Gasteiger partial charge in [0.1, 0.15) is 0 Å². The smallest absolute Gasteiger partial charge is 0.0224 e. The Morgan fingerprint density at radius 2 is 1.89 bits per heavy atom. The first kappa shape index (κ1) is 14.6. The molecule has 0 saturated carbocycles. The van der Waals surface area contributed by atoms with Gasteiger partial charge in [-0.2, -0.15) is 0 Å². The van der Waals surface area contributed by atoms with E-state index in [0.717, 1.165) is 11.8 Å². The van der Waals surface area contributed by atoms with E-state index < -0.39 is 0 Å². The zero-order valence-corrected chi connectivity index (χ0v) is 13.2. The summed E-state index contributed by atoms with van der Waals surface area (Å²) in [6.07, 6.45) is 17.4. The van der Waals surface area contributed by atoms with Crippen molar-refractivity contribution >= 4 is 0 Å². The first-order valence-electron chi connectivity index (χ1n) is 8.00. The van der Waals surface area contributed by atoms with Gasteiger partial charge in [0.2, 0.25) is 0 Å². The van der Waals surface area contributed by atoms with Crippen molar-refractivity contribution < 1.29 is 0 Å². The van der Waals surface area contributed by atoms with Crippen molar-refractivity contribution in [2.45, 2.75) is 66.2 Å². The Morgan fingerprint density at radius 3 is 2.47 bits per heavy atom. The molecule has 0 saturated heterocycles. The number of hydrogen-bond donors (Lipinski definition) is 0. The first-order valence-corrected chi connectivity index (χ1v) is 8.00. The molecule has 2 unspecified atom stereocenters. The van der Waals surface area contributed by atoms with Gasteiger partial charge >= 0.3 is 0 Å². The molecule has 0 aliphatic heterocycles. The Bertz CT molecular complexity index is 392. The lowest BCUT2D eigenvalue weighted by Gasteiger charge is -2.30. The molecule has 2 atom stereocenters. The van der Waals surface area contributed by atoms with E-state index in [1.165, 1.54) is 38.5 Å². The van der Waals surface area contributed by atoms with E-state index in [4.69, 9.17) is 0 Å². The summed E-state index contributed by atoms with van der Waals surface area (Å²) < 4.78 is 0. The molecule has 0 amide bonds. The normalized spacial score (nSPS) is 28.0. The molecule has 19 heavy (non-hydrogen) atoms. The van der Waals surface area contributed by atoms with Crippen LogP contribution in [-0.4, -0.2) is 0 Å². The second-order valence-electron chi connectivity index (χ2n) is 7.61. The van der Waals surface area contributed by atoms with E-state index in [1.54, 1.807) is 11.1 Å². The number of rotatable bonds is 4. The first-order chi connectivity index (χ1) is 8.94. The summed E-state index contributed by atoms with van der Waals surface area (Å²) in [5.74, 6) is 1.63. The molecular formula is C19H30. The van der Waals surface area contributed by atoms with Crippen LogP contribution in [0.2, 0.25) is 0 Å². The molecule has 0 heterocycles. The van der Waals surface area contributed by atoms with E-state index in [2.05, 4.69) is 52.0 Å². The zero-order valence-electron chi connectivity index (χ0n) is 13.2. The van der Waals surface area contributed by atoms with Gasteiger partial charge in [-0.15, -0.1) is 0 Å². The minimum absolute atomic E-state index is 0.406. The predicted molar refractivity (Wildman–Crippen MR) is 85.1 cm³/mol. The minimum atomic E-state index is 0.406. The van der Waals surface area contributed by atoms with Crippen LogP contribution >= 0.6 is 0 Å². The zero-order chi connectivity index (χ0) is 13.9. The maximum atomic E-state index is 2.52. The predicted octanol–water partition coefficient (Wildman–Crippen LogP) is 6.06. The van der Waals surface area contributed by atoms with Crippen LogP contribution in [0.4, 0.5) is 0 Å². The molecule has 2 rings (SSSR count). The molecule has 2 aliphatic rings. The van der Waals surface area contributed by atoms with Crippen LogP contribution in [0.15, 0.2) is 35.5 Å². The van der Waals surface area contributed by atoms with Gasteiger partial charge in [0.15, 0.2) is 0 Å². The summed E-state index contributed by atoms with van der Waals surface area (Å²) in [5.41, 5.74) is 3.66. The Hall–Kier alpha value is -0.780. The lowest BCUT2D eigenvalue weighted by atomic mass is 9.76. The molecule has 0 bridgehead atoms. The van der Waals surface area contributed by atoms with Crippen molar-refractivity contribution in [1.82, 2.24) is 0 Å². The van der Waals surface area contributed by atoms with Gasteiger partial charge in [0, 0.05) is 0 Å². The van der Waals surface area contributed by atoms with Crippen molar-refractivity contribution in [2.24, 2.45) is 17.3 Å². The number of allylic oxidation sites excluding steroid dienone is 6. The molecule has 0 aromatic carbocycles. The van der Waals surface area contributed by atoms with Gasteiger partial charge in [-0.25, -0.2) is 0 Å². The second-order valence-corrected chi connectivity index (χ2v) is 7.61. The van der Waals surface area contributed by atoms with Crippen LogP contribution in [0, 0.1) is 17.3 Å². The Kier molecular flexibility index (Phi) is 4.71. The van der Waals surface area contributed by atoms with Crippen molar-refractivity contribution in [3.05, 3.63) is 35.5 Å². The lowest BCUT2D eigenvalue weighted by Crippen LogP contribution is -2.15. The molecule has 0 heteroatoms. The molecule has 0 aromatic rings. The molecule has 106 valence electrons. The van der Waals surface area contributed by atoms with Crippen LogP contribution < -0.4 is 0 Å². The third-order valence-corrected chi connectivity index (χ3v) is 4.55. The third-order valence-electron chi connectivity index (χ3n) is 4.55. The summed E-state index contributed by atoms with van der Waals surface area (Å²) in [6, 6.07) is 0. The standard InChI is InChI=1S/C19H30/c1-15-5-9-17(10-6-15)13-19(3,4)14-18-11-7-16(2)8-12-18/h5,9-11,15-16H,6-8,12-14H2,1-4H3. The van der Waals surface area contributed by atoms with Gasteiger partial charge in [-0.1, -0.05) is 63.1 Å². The van der Waals surface area contributed by atoms with E-state index in [-0.39, 0.29) is 0 Å². The fourth-order valence-corrected chi connectivity index (χ4v) is 3.31. The summed E-state index contributed by atoms with van der Waals surface area (Å²) in [7, 11) is 0. The van der Waals surface area contributed by atoms with Crippen LogP contribution in [0.5, 0.6) is 0 Å². The topological polar surface area (TPSA) is 0 Å². The second kappa shape index (κ2) is 6.11. The maximum Gasteiger partial charge on any atom is -0.0224 e. The third kappa shape index (κ3) is 4.67. The van der Waals surface area contributed by atoms with Crippen LogP contribution in [0.3, 0.4) is 0 Å². The molecule has 0 N–H and O–H groups in total. The van der Waals surface area contributed by atoms with Gasteiger partial charge in [-0.05, 0) is 55.8 Å². The highest BCUT2D eigenvalue weighted by molar-refractivity contribution is 5.25. The highest BCUT2D eigenvalue weighted by Crippen LogP contribution is 2.37.